The molecule has 114 valence electrons. The molecule has 0 radical (unpaired) electrons. The number of carbonyl (C=O) groups is 1. The zero-order valence-electron chi connectivity index (χ0n) is 13.2. The minimum absolute atomic E-state index is 0.0217. The molecule has 2 fully saturated rings. The Kier molecular flexibility index (Phi) is 3.92. The lowest BCUT2D eigenvalue weighted by molar-refractivity contribution is -0.128. The van der Waals surface area contributed by atoms with Crippen LogP contribution in [-0.4, -0.2) is 18.1 Å². The molecular weight excluding hydrogens is 262 g/mol. The molecule has 4 atom stereocenters. The Balaban J connectivity index is 1.58. The molecular formula is C18H25NO2. The minimum Gasteiger partial charge on any atom is -0.481 e. The summed E-state index contributed by atoms with van der Waals surface area (Å²) >= 11 is 0. The van der Waals surface area contributed by atoms with Gasteiger partial charge in [0.2, 0.25) is 0 Å². The molecule has 2 saturated carbocycles. The smallest absolute Gasteiger partial charge is 0.261 e. The maximum atomic E-state index is 12.3. The van der Waals surface area contributed by atoms with Crippen molar-refractivity contribution in [2.75, 3.05) is 0 Å². The normalized spacial score (nSPS) is 28.4. The van der Waals surface area contributed by atoms with Crippen LogP contribution in [-0.2, 0) is 4.79 Å². The summed E-state index contributed by atoms with van der Waals surface area (Å²) < 4.78 is 5.87. The molecule has 2 aliphatic rings. The molecule has 21 heavy (non-hydrogen) atoms. The van der Waals surface area contributed by atoms with E-state index in [1.807, 2.05) is 26.0 Å². The fraction of sp³-hybridized carbons (Fsp3) is 0.611. The molecule has 0 aliphatic heterocycles. The number of carbonyl (C=O) groups excluding carboxylic acids is 1. The molecule has 3 heteroatoms. The fourth-order valence-electron chi connectivity index (χ4n) is 3.82. The second kappa shape index (κ2) is 5.70. The monoisotopic (exact) mass is 287 g/mol. The summed E-state index contributed by atoms with van der Waals surface area (Å²) in [6.45, 7) is 5.93. The molecule has 1 aromatic rings. The third-order valence-electron chi connectivity index (χ3n) is 5.29. The van der Waals surface area contributed by atoms with Crippen molar-refractivity contribution in [1.82, 2.24) is 5.32 Å². The summed E-state index contributed by atoms with van der Waals surface area (Å²) in [6.07, 6.45) is 4.65. The van der Waals surface area contributed by atoms with Crippen LogP contribution in [0.3, 0.4) is 0 Å². The first-order chi connectivity index (χ1) is 10.0. The molecule has 2 bridgehead atoms. The van der Waals surface area contributed by atoms with Crippen molar-refractivity contribution in [3.05, 3.63) is 29.3 Å². The number of nitrogens with one attached hydrogen (secondary N) is 1. The van der Waals surface area contributed by atoms with Gasteiger partial charge in [0.05, 0.1) is 0 Å². The van der Waals surface area contributed by atoms with E-state index in [1.165, 1.54) is 24.8 Å². The Bertz CT molecular complexity index is 540. The van der Waals surface area contributed by atoms with Gasteiger partial charge in [-0.05, 0) is 69.1 Å². The number of hydrogen-bond donors (Lipinski definition) is 1. The van der Waals surface area contributed by atoms with Gasteiger partial charge >= 0.3 is 0 Å². The molecule has 0 aromatic heterocycles. The second-order valence-corrected chi connectivity index (χ2v) is 6.75. The van der Waals surface area contributed by atoms with E-state index in [0.717, 1.165) is 23.7 Å². The first kappa shape index (κ1) is 14.4. The molecule has 0 spiro atoms. The topological polar surface area (TPSA) is 38.3 Å². The largest absolute Gasteiger partial charge is 0.481 e. The van der Waals surface area contributed by atoms with E-state index in [1.54, 1.807) is 0 Å². The SMILES string of the molecule is Cc1cccc(O[C@@H](C)C(=O)N[C@H]2C[C@H]3CC[C@H]2C3)c1C. The third-order valence-corrected chi connectivity index (χ3v) is 5.29. The van der Waals surface area contributed by atoms with Gasteiger partial charge in [-0.2, -0.15) is 0 Å². The number of amides is 1. The Hall–Kier alpha value is -1.51. The van der Waals surface area contributed by atoms with Crippen molar-refractivity contribution in [1.29, 1.82) is 0 Å². The van der Waals surface area contributed by atoms with Crippen molar-refractivity contribution >= 4 is 5.91 Å². The average Bonchev–Trinajstić information content (AvgIpc) is 3.06. The lowest BCUT2D eigenvalue weighted by atomic mass is 9.95. The summed E-state index contributed by atoms with van der Waals surface area (Å²) in [5.41, 5.74) is 2.30. The zero-order chi connectivity index (χ0) is 15.0. The van der Waals surface area contributed by atoms with Crippen LogP contribution in [0, 0.1) is 25.7 Å². The van der Waals surface area contributed by atoms with Crippen LogP contribution in [0.25, 0.3) is 0 Å². The van der Waals surface area contributed by atoms with Gasteiger partial charge in [-0.15, -0.1) is 0 Å². The number of rotatable bonds is 4. The lowest BCUT2D eigenvalue weighted by Crippen LogP contribution is -2.44. The van der Waals surface area contributed by atoms with Crippen LogP contribution in [0.1, 0.15) is 43.7 Å². The van der Waals surface area contributed by atoms with Crippen LogP contribution < -0.4 is 10.1 Å². The third kappa shape index (κ3) is 2.92. The molecule has 3 rings (SSSR count). The molecule has 0 saturated heterocycles. The van der Waals surface area contributed by atoms with Crippen LogP contribution in [0.15, 0.2) is 18.2 Å². The van der Waals surface area contributed by atoms with Gasteiger partial charge in [0.25, 0.3) is 5.91 Å². The van der Waals surface area contributed by atoms with E-state index in [9.17, 15) is 4.79 Å². The molecule has 0 unspecified atom stereocenters. The summed E-state index contributed by atoms with van der Waals surface area (Å²) in [7, 11) is 0. The average molecular weight is 287 g/mol. The van der Waals surface area contributed by atoms with Crippen molar-refractivity contribution < 1.29 is 9.53 Å². The zero-order valence-corrected chi connectivity index (χ0v) is 13.2. The van der Waals surface area contributed by atoms with Crippen molar-refractivity contribution in [2.24, 2.45) is 11.8 Å². The van der Waals surface area contributed by atoms with E-state index in [0.29, 0.717) is 12.0 Å². The molecule has 2 aliphatic carbocycles. The molecule has 1 N–H and O–H groups in total. The lowest BCUT2D eigenvalue weighted by Gasteiger charge is -2.25. The number of fused-ring (bicyclic) bond motifs is 2. The summed E-state index contributed by atoms with van der Waals surface area (Å²) in [4.78, 5) is 12.3. The minimum atomic E-state index is -0.440. The van der Waals surface area contributed by atoms with Crippen molar-refractivity contribution in [2.45, 2.75) is 58.6 Å². The first-order valence-electron chi connectivity index (χ1n) is 8.08. The van der Waals surface area contributed by atoms with Gasteiger partial charge in [0.15, 0.2) is 6.10 Å². The first-order valence-corrected chi connectivity index (χ1v) is 8.08. The van der Waals surface area contributed by atoms with Gasteiger partial charge in [0.1, 0.15) is 5.75 Å². The Labute approximate surface area is 127 Å². The Morgan fingerprint density at radius 3 is 2.76 bits per heavy atom. The van der Waals surface area contributed by atoms with E-state index in [4.69, 9.17) is 4.74 Å². The van der Waals surface area contributed by atoms with Gasteiger partial charge in [-0.25, -0.2) is 0 Å². The fourth-order valence-corrected chi connectivity index (χ4v) is 3.82. The van der Waals surface area contributed by atoms with E-state index in [-0.39, 0.29) is 5.91 Å². The maximum Gasteiger partial charge on any atom is 0.261 e. The highest BCUT2D eigenvalue weighted by molar-refractivity contribution is 5.81. The van der Waals surface area contributed by atoms with Gasteiger partial charge in [-0.3, -0.25) is 4.79 Å². The number of hydrogen-bond acceptors (Lipinski definition) is 2. The van der Waals surface area contributed by atoms with Gasteiger partial charge < -0.3 is 10.1 Å². The van der Waals surface area contributed by atoms with E-state index >= 15 is 0 Å². The predicted molar refractivity (Wildman–Crippen MR) is 83.4 cm³/mol. The van der Waals surface area contributed by atoms with E-state index < -0.39 is 6.10 Å². The predicted octanol–water partition coefficient (Wildman–Crippen LogP) is 3.38. The highest BCUT2D eigenvalue weighted by Gasteiger charge is 2.40. The summed E-state index contributed by atoms with van der Waals surface area (Å²) in [5, 5.41) is 3.20. The second-order valence-electron chi connectivity index (χ2n) is 6.75. The van der Waals surface area contributed by atoms with Crippen molar-refractivity contribution in [3.8, 4) is 5.75 Å². The number of aryl methyl sites for hydroxylation is 1. The van der Waals surface area contributed by atoms with Crippen LogP contribution >= 0.6 is 0 Å². The summed E-state index contributed by atoms with van der Waals surface area (Å²) in [6, 6.07) is 6.34. The Morgan fingerprint density at radius 2 is 2.10 bits per heavy atom. The summed E-state index contributed by atoms with van der Waals surface area (Å²) in [5.74, 6) is 2.38. The standard InChI is InChI=1S/C18H25NO2/c1-11-5-4-6-17(12(11)2)21-13(3)18(20)19-16-10-14-7-8-15(16)9-14/h4-6,13-16H,7-10H2,1-3H3,(H,19,20)/t13-,14-,15-,16-/m0/s1. The van der Waals surface area contributed by atoms with E-state index in [2.05, 4.69) is 18.3 Å². The molecule has 1 amide bonds. The van der Waals surface area contributed by atoms with Gasteiger partial charge in [-0.1, -0.05) is 18.6 Å². The molecule has 3 nitrogen and oxygen atoms in total. The van der Waals surface area contributed by atoms with Gasteiger partial charge in [0, 0.05) is 6.04 Å². The van der Waals surface area contributed by atoms with Crippen LogP contribution in [0.5, 0.6) is 5.75 Å². The highest BCUT2D eigenvalue weighted by Crippen LogP contribution is 2.44. The molecule has 0 heterocycles. The quantitative estimate of drug-likeness (QED) is 0.922. The highest BCUT2D eigenvalue weighted by atomic mass is 16.5. The maximum absolute atomic E-state index is 12.3. The number of benzene rings is 1. The molecule has 1 aromatic carbocycles. The van der Waals surface area contributed by atoms with Crippen molar-refractivity contribution in [3.63, 3.8) is 0 Å². The Morgan fingerprint density at radius 1 is 1.29 bits per heavy atom. The number of ether oxygens (including phenoxy) is 1. The van der Waals surface area contributed by atoms with Crippen LogP contribution in [0.2, 0.25) is 0 Å². The van der Waals surface area contributed by atoms with Crippen LogP contribution in [0.4, 0.5) is 0 Å².